The lowest BCUT2D eigenvalue weighted by Crippen LogP contribution is -2.36. The quantitative estimate of drug-likeness (QED) is 0.469. The zero-order valence-electron chi connectivity index (χ0n) is 13.6. The van der Waals surface area contributed by atoms with Crippen LogP contribution >= 0.6 is 46.0 Å². The molecule has 9 heteroatoms. The predicted octanol–water partition coefficient (Wildman–Crippen LogP) is 4.33. The van der Waals surface area contributed by atoms with E-state index in [1.807, 2.05) is 22.6 Å². The van der Waals surface area contributed by atoms with Crippen LogP contribution in [0.5, 0.6) is 5.75 Å². The molecule has 0 aromatic heterocycles. The number of amides is 3. The Bertz CT molecular complexity index is 980. The minimum Gasteiger partial charge on any atom is -0.507 e. The second-order valence-electron chi connectivity index (χ2n) is 5.54. The van der Waals surface area contributed by atoms with Crippen molar-refractivity contribution in [2.24, 2.45) is 0 Å². The normalized spacial score (nSPS) is 15.5. The van der Waals surface area contributed by atoms with Crippen LogP contribution in [0, 0.1) is 3.57 Å². The lowest BCUT2D eigenvalue weighted by Gasteiger charge is -2.12. The van der Waals surface area contributed by atoms with E-state index in [0.29, 0.717) is 19.8 Å². The first-order valence-corrected chi connectivity index (χ1v) is 9.90. The number of carbonyl (C=O) groups is 3. The van der Waals surface area contributed by atoms with Gasteiger partial charge < -0.3 is 10.4 Å². The summed E-state index contributed by atoms with van der Waals surface area (Å²) in [7, 11) is 0. The minimum absolute atomic E-state index is 0.138. The van der Waals surface area contributed by atoms with Crippen LogP contribution in [-0.2, 0) is 9.59 Å². The zero-order valence-corrected chi connectivity index (χ0v) is 17.3. The number of phenolic OH excluding ortho intramolecular Hbond substituents is 1. The number of anilines is 1. The number of benzene rings is 2. The van der Waals surface area contributed by atoms with Crippen molar-refractivity contribution < 1.29 is 19.5 Å². The van der Waals surface area contributed by atoms with Gasteiger partial charge in [-0.25, -0.2) is 0 Å². The van der Waals surface area contributed by atoms with E-state index >= 15 is 0 Å². The van der Waals surface area contributed by atoms with Gasteiger partial charge in [-0.3, -0.25) is 19.3 Å². The van der Waals surface area contributed by atoms with E-state index in [2.05, 4.69) is 5.32 Å². The molecule has 6 nitrogen and oxygen atoms in total. The highest BCUT2D eigenvalue weighted by Crippen LogP contribution is 2.33. The molecule has 2 aromatic carbocycles. The van der Waals surface area contributed by atoms with E-state index in [1.165, 1.54) is 6.07 Å². The van der Waals surface area contributed by atoms with Crippen molar-refractivity contribution in [1.82, 2.24) is 4.90 Å². The van der Waals surface area contributed by atoms with Crippen LogP contribution in [0.3, 0.4) is 0 Å². The third-order valence-electron chi connectivity index (χ3n) is 3.55. The number of carbonyl (C=O) groups excluding carboxylic acids is 3. The summed E-state index contributed by atoms with van der Waals surface area (Å²) in [6.07, 6.45) is 1.56. The molecule has 1 saturated heterocycles. The van der Waals surface area contributed by atoms with Crippen molar-refractivity contribution in [1.29, 1.82) is 0 Å². The molecular formula is C18H12ClIN2O4S. The third kappa shape index (κ3) is 4.82. The van der Waals surface area contributed by atoms with Crippen LogP contribution < -0.4 is 5.32 Å². The van der Waals surface area contributed by atoms with Crippen molar-refractivity contribution >= 4 is 74.8 Å². The summed E-state index contributed by atoms with van der Waals surface area (Å²) in [5.74, 6) is -0.895. The second-order valence-corrected chi connectivity index (χ2v) is 8.13. The summed E-state index contributed by atoms with van der Waals surface area (Å²) in [6, 6.07) is 11.4. The largest absolute Gasteiger partial charge is 0.507 e. The summed E-state index contributed by atoms with van der Waals surface area (Å²) in [6.45, 7) is -0.387. The lowest BCUT2D eigenvalue weighted by molar-refractivity contribution is -0.127. The first-order chi connectivity index (χ1) is 12.8. The molecule has 0 radical (unpaired) electrons. The number of imide groups is 1. The number of halogens is 2. The fourth-order valence-corrected chi connectivity index (χ4v) is 3.88. The van der Waals surface area contributed by atoms with Gasteiger partial charge in [0.25, 0.3) is 11.1 Å². The van der Waals surface area contributed by atoms with Gasteiger partial charge in [0, 0.05) is 10.7 Å². The van der Waals surface area contributed by atoms with Crippen molar-refractivity contribution in [3.8, 4) is 5.75 Å². The number of hydrogen-bond donors (Lipinski definition) is 2. The standard InChI is InChI=1S/C18H12ClIN2O4S/c19-11-2-1-3-12(8-11)21-16(24)9-22-17(25)15(27-18(22)26)7-10-4-5-14(23)13(20)6-10/h1-8,23H,9H2,(H,21,24)/b15-7-. The molecule has 0 atom stereocenters. The molecule has 1 fully saturated rings. The van der Waals surface area contributed by atoms with Gasteiger partial charge in [-0.05, 0) is 76.3 Å². The van der Waals surface area contributed by atoms with Gasteiger partial charge >= 0.3 is 0 Å². The lowest BCUT2D eigenvalue weighted by atomic mass is 10.2. The van der Waals surface area contributed by atoms with Crippen molar-refractivity contribution in [2.75, 3.05) is 11.9 Å². The molecule has 0 unspecified atom stereocenters. The molecule has 3 amide bonds. The van der Waals surface area contributed by atoms with E-state index in [9.17, 15) is 19.5 Å². The Labute approximate surface area is 177 Å². The van der Waals surface area contributed by atoms with Crippen LogP contribution in [-0.4, -0.2) is 33.6 Å². The number of aromatic hydroxyl groups is 1. The molecule has 0 spiro atoms. The van der Waals surface area contributed by atoms with Crippen LogP contribution in [0.1, 0.15) is 5.56 Å². The summed E-state index contributed by atoms with van der Waals surface area (Å²) < 4.78 is 0.626. The fourth-order valence-electron chi connectivity index (χ4n) is 2.31. The highest BCUT2D eigenvalue weighted by Gasteiger charge is 2.36. The topological polar surface area (TPSA) is 86.7 Å². The second kappa shape index (κ2) is 8.32. The maximum Gasteiger partial charge on any atom is 0.294 e. The first-order valence-electron chi connectivity index (χ1n) is 7.63. The Balaban J connectivity index is 1.71. The number of phenols is 1. The molecule has 0 saturated carbocycles. The Kier molecular flexibility index (Phi) is 6.08. The smallest absolute Gasteiger partial charge is 0.294 e. The maximum absolute atomic E-state index is 12.5. The molecular weight excluding hydrogens is 503 g/mol. The summed E-state index contributed by atoms with van der Waals surface area (Å²) in [4.78, 5) is 37.9. The molecule has 1 aliphatic heterocycles. The van der Waals surface area contributed by atoms with E-state index in [0.717, 1.165) is 16.7 Å². The molecule has 2 aromatic rings. The Morgan fingerprint density at radius 3 is 2.74 bits per heavy atom. The predicted molar refractivity (Wildman–Crippen MR) is 114 cm³/mol. The molecule has 0 aliphatic carbocycles. The van der Waals surface area contributed by atoms with Crippen LogP contribution in [0.15, 0.2) is 47.4 Å². The molecule has 2 N–H and O–H groups in total. The van der Waals surface area contributed by atoms with E-state index in [-0.39, 0.29) is 17.2 Å². The van der Waals surface area contributed by atoms with E-state index in [1.54, 1.807) is 42.5 Å². The zero-order chi connectivity index (χ0) is 19.6. The number of rotatable bonds is 4. The van der Waals surface area contributed by atoms with Crippen LogP contribution in [0.25, 0.3) is 6.08 Å². The summed E-state index contributed by atoms with van der Waals surface area (Å²) in [5, 5.41) is 12.1. The monoisotopic (exact) mass is 514 g/mol. The number of thioether (sulfide) groups is 1. The minimum atomic E-state index is -0.533. The first kappa shape index (κ1) is 19.7. The van der Waals surface area contributed by atoms with Crippen LogP contribution in [0.4, 0.5) is 10.5 Å². The third-order valence-corrected chi connectivity index (χ3v) is 5.56. The van der Waals surface area contributed by atoms with E-state index in [4.69, 9.17) is 11.6 Å². The summed E-state index contributed by atoms with van der Waals surface area (Å²) >= 11 is 8.60. The van der Waals surface area contributed by atoms with Gasteiger partial charge in [-0.15, -0.1) is 0 Å². The molecule has 138 valence electrons. The van der Waals surface area contributed by atoms with Gasteiger partial charge in [0.2, 0.25) is 5.91 Å². The van der Waals surface area contributed by atoms with E-state index < -0.39 is 17.1 Å². The molecule has 1 heterocycles. The van der Waals surface area contributed by atoms with Gasteiger partial charge in [0.1, 0.15) is 12.3 Å². The number of nitrogens with one attached hydrogen (secondary N) is 1. The fraction of sp³-hybridized carbons (Fsp3) is 0.0556. The number of hydrogen-bond acceptors (Lipinski definition) is 5. The SMILES string of the molecule is O=C(CN1C(=O)S/C(=C\c2ccc(O)c(I)c2)C1=O)Nc1cccc(Cl)c1. The Morgan fingerprint density at radius 1 is 1.26 bits per heavy atom. The van der Waals surface area contributed by atoms with Crippen molar-refractivity contribution in [3.63, 3.8) is 0 Å². The number of nitrogens with zero attached hydrogens (tertiary/aromatic N) is 1. The maximum atomic E-state index is 12.5. The Hall–Kier alpha value is -2.04. The van der Waals surface area contributed by atoms with Crippen LogP contribution in [0.2, 0.25) is 5.02 Å². The average Bonchev–Trinajstić information content (AvgIpc) is 2.85. The van der Waals surface area contributed by atoms with Gasteiger partial charge in [0.15, 0.2) is 0 Å². The molecule has 0 bridgehead atoms. The Morgan fingerprint density at radius 2 is 2.04 bits per heavy atom. The highest BCUT2D eigenvalue weighted by molar-refractivity contribution is 14.1. The van der Waals surface area contributed by atoms with Gasteiger partial charge in [-0.1, -0.05) is 23.7 Å². The van der Waals surface area contributed by atoms with Crippen molar-refractivity contribution in [3.05, 3.63) is 61.5 Å². The molecule has 1 aliphatic rings. The van der Waals surface area contributed by atoms with Gasteiger partial charge in [-0.2, -0.15) is 0 Å². The molecule has 3 rings (SSSR count). The van der Waals surface area contributed by atoms with Gasteiger partial charge in [0.05, 0.1) is 8.48 Å². The molecule has 27 heavy (non-hydrogen) atoms. The van der Waals surface area contributed by atoms with Crippen molar-refractivity contribution in [2.45, 2.75) is 0 Å². The highest BCUT2D eigenvalue weighted by atomic mass is 127. The summed E-state index contributed by atoms with van der Waals surface area (Å²) in [5.41, 5.74) is 1.15. The average molecular weight is 515 g/mol.